The van der Waals surface area contributed by atoms with Gasteiger partial charge in [0.1, 0.15) is 5.82 Å². The molecule has 4 nitrogen and oxygen atoms in total. The SMILES string of the molecule is CCCc1nc(C2CCOC2C)n[nH]1. The summed E-state index contributed by atoms with van der Waals surface area (Å²) >= 11 is 0. The number of aryl methyl sites for hydroxylation is 1. The smallest absolute Gasteiger partial charge is 0.156 e. The molecule has 14 heavy (non-hydrogen) atoms. The van der Waals surface area contributed by atoms with Crippen molar-refractivity contribution in [2.75, 3.05) is 6.61 Å². The van der Waals surface area contributed by atoms with Gasteiger partial charge >= 0.3 is 0 Å². The zero-order chi connectivity index (χ0) is 9.97. The van der Waals surface area contributed by atoms with Crippen LogP contribution in [0.1, 0.15) is 44.3 Å². The number of nitrogens with zero attached hydrogens (tertiary/aromatic N) is 2. The predicted octanol–water partition coefficient (Wildman–Crippen LogP) is 1.65. The minimum absolute atomic E-state index is 0.264. The van der Waals surface area contributed by atoms with Crippen molar-refractivity contribution in [3.63, 3.8) is 0 Å². The minimum atomic E-state index is 0.264. The molecule has 2 rings (SSSR count). The van der Waals surface area contributed by atoms with Crippen molar-refractivity contribution in [2.24, 2.45) is 0 Å². The van der Waals surface area contributed by atoms with Gasteiger partial charge in [-0.2, -0.15) is 5.10 Å². The van der Waals surface area contributed by atoms with Gasteiger partial charge in [-0.1, -0.05) is 6.92 Å². The van der Waals surface area contributed by atoms with Crippen LogP contribution < -0.4 is 0 Å². The molecule has 0 bridgehead atoms. The number of ether oxygens (including phenoxy) is 1. The molecule has 1 fully saturated rings. The van der Waals surface area contributed by atoms with Crippen molar-refractivity contribution < 1.29 is 4.74 Å². The molecule has 2 atom stereocenters. The fourth-order valence-electron chi connectivity index (χ4n) is 1.90. The average molecular weight is 195 g/mol. The van der Waals surface area contributed by atoms with Crippen LogP contribution in [0.25, 0.3) is 0 Å². The molecule has 1 N–H and O–H groups in total. The summed E-state index contributed by atoms with van der Waals surface area (Å²) in [6.45, 7) is 5.07. The minimum Gasteiger partial charge on any atom is -0.378 e. The highest BCUT2D eigenvalue weighted by Gasteiger charge is 2.28. The molecule has 1 saturated heterocycles. The Hall–Kier alpha value is -0.900. The molecule has 0 aromatic carbocycles. The van der Waals surface area contributed by atoms with Crippen LogP contribution in [0.15, 0.2) is 0 Å². The van der Waals surface area contributed by atoms with Gasteiger partial charge in [0, 0.05) is 18.9 Å². The van der Waals surface area contributed by atoms with Gasteiger partial charge in [-0.15, -0.1) is 0 Å². The van der Waals surface area contributed by atoms with Crippen LogP contribution in [-0.4, -0.2) is 27.9 Å². The Morgan fingerprint density at radius 2 is 2.43 bits per heavy atom. The first-order chi connectivity index (χ1) is 6.81. The second-order valence-electron chi connectivity index (χ2n) is 3.86. The van der Waals surface area contributed by atoms with Crippen LogP contribution in [0.4, 0.5) is 0 Å². The van der Waals surface area contributed by atoms with E-state index < -0.39 is 0 Å². The molecule has 1 aliphatic rings. The highest BCUT2D eigenvalue weighted by atomic mass is 16.5. The van der Waals surface area contributed by atoms with E-state index in [4.69, 9.17) is 4.74 Å². The molecule has 1 aromatic rings. The van der Waals surface area contributed by atoms with Crippen LogP contribution in [-0.2, 0) is 11.2 Å². The Labute approximate surface area is 84.1 Å². The molecule has 0 saturated carbocycles. The third kappa shape index (κ3) is 1.80. The molecular formula is C10H17N3O. The van der Waals surface area contributed by atoms with Crippen molar-refractivity contribution in [1.29, 1.82) is 0 Å². The summed E-state index contributed by atoms with van der Waals surface area (Å²) < 4.78 is 5.50. The predicted molar refractivity (Wildman–Crippen MR) is 53.1 cm³/mol. The number of aromatic amines is 1. The highest BCUT2D eigenvalue weighted by molar-refractivity contribution is 5.02. The van der Waals surface area contributed by atoms with Gasteiger partial charge in [-0.25, -0.2) is 4.98 Å². The monoisotopic (exact) mass is 195 g/mol. The zero-order valence-electron chi connectivity index (χ0n) is 8.79. The first kappa shape index (κ1) is 9.65. The lowest BCUT2D eigenvalue weighted by Gasteiger charge is -2.08. The van der Waals surface area contributed by atoms with Crippen LogP contribution >= 0.6 is 0 Å². The summed E-state index contributed by atoms with van der Waals surface area (Å²) in [5.74, 6) is 2.32. The third-order valence-corrected chi connectivity index (χ3v) is 2.74. The lowest BCUT2D eigenvalue weighted by molar-refractivity contribution is 0.117. The Morgan fingerprint density at radius 1 is 1.57 bits per heavy atom. The van der Waals surface area contributed by atoms with E-state index in [1.54, 1.807) is 0 Å². The van der Waals surface area contributed by atoms with Crippen molar-refractivity contribution in [1.82, 2.24) is 15.2 Å². The Bertz CT molecular complexity index is 297. The van der Waals surface area contributed by atoms with E-state index in [0.29, 0.717) is 5.92 Å². The normalized spacial score (nSPS) is 27.0. The molecular weight excluding hydrogens is 178 g/mol. The first-order valence-electron chi connectivity index (χ1n) is 5.34. The Balaban J connectivity index is 2.08. The van der Waals surface area contributed by atoms with Crippen LogP contribution in [0.2, 0.25) is 0 Å². The van der Waals surface area contributed by atoms with Crippen molar-refractivity contribution >= 4 is 0 Å². The van der Waals surface area contributed by atoms with E-state index in [9.17, 15) is 0 Å². The maximum absolute atomic E-state index is 5.50. The van der Waals surface area contributed by atoms with E-state index >= 15 is 0 Å². The van der Waals surface area contributed by atoms with Gasteiger partial charge < -0.3 is 4.74 Å². The molecule has 78 valence electrons. The number of nitrogens with one attached hydrogen (secondary N) is 1. The second kappa shape index (κ2) is 4.09. The summed E-state index contributed by atoms with van der Waals surface area (Å²) in [6, 6.07) is 0. The first-order valence-corrected chi connectivity index (χ1v) is 5.34. The molecule has 0 amide bonds. The zero-order valence-corrected chi connectivity index (χ0v) is 8.79. The van der Waals surface area contributed by atoms with Gasteiger partial charge in [0.05, 0.1) is 6.10 Å². The van der Waals surface area contributed by atoms with Crippen molar-refractivity contribution in [3.8, 4) is 0 Å². The standard InChI is InChI=1S/C10H17N3O/c1-3-4-9-11-10(13-12-9)8-5-6-14-7(8)2/h7-8H,3-6H2,1-2H3,(H,11,12,13). The third-order valence-electron chi connectivity index (χ3n) is 2.74. The number of hydrogen-bond donors (Lipinski definition) is 1. The second-order valence-corrected chi connectivity index (χ2v) is 3.86. The molecule has 0 radical (unpaired) electrons. The summed E-state index contributed by atoms with van der Waals surface area (Å²) in [7, 11) is 0. The number of H-pyrrole nitrogens is 1. The summed E-state index contributed by atoms with van der Waals surface area (Å²) in [5.41, 5.74) is 0. The Kier molecular flexibility index (Phi) is 2.82. The van der Waals surface area contributed by atoms with Gasteiger partial charge in [0.2, 0.25) is 0 Å². The van der Waals surface area contributed by atoms with Crippen molar-refractivity contribution in [3.05, 3.63) is 11.6 Å². The molecule has 0 spiro atoms. The van der Waals surface area contributed by atoms with E-state index in [0.717, 1.165) is 37.5 Å². The maximum Gasteiger partial charge on any atom is 0.156 e. The molecule has 1 aliphatic heterocycles. The van der Waals surface area contributed by atoms with Gasteiger partial charge in [-0.3, -0.25) is 5.10 Å². The van der Waals surface area contributed by atoms with Crippen LogP contribution in [0.3, 0.4) is 0 Å². The van der Waals surface area contributed by atoms with Gasteiger partial charge in [-0.05, 0) is 19.8 Å². The molecule has 4 heteroatoms. The molecule has 2 unspecified atom stereocenters. The molecule has 0 aliphatic carbocycles. The lowest BCUT2D eigenvalue weighted by Crippen LogP contribution is -2.10. The Morgan fingerprint density at radius 3 is 3.07 bits per heavy atom. The quantitative estimate of drug-likeness (QED) is 0.797. The molecule has 2 heterocycles. The summed E-state index contributed by atoms with van der Waals surface area (Å²) in [5, 5.41) is 7.24. The number of hydrogen-bond acceptors (Lipinski definition) is 3. The maximum atomic E-state index is 5.50. The van der Waals surface area contributed by atoms with E-state index in [1.165, 1.54) is 0 Å². The lowest BCUT2D eigenvalue weighted by atomic mass is 10.0. The average Bonchev–Trinajstić information content (AvgIpc) is 2.74. The van der Waals surface area contributed by atoms with E-state index in [1.807, 2.05) is 0 Å². The van der Waals surface area contributed by atoms with Gasteiger partial charge in [0.15, 0.2) is 5.82 Å². The van der Waals surface area contributed by atoms with Crippen LogP contribution in [0.5, 0.6) is 0 Å². The summed E-state index contributed by atoms with van der Waals surface area (Å²) in [6.07, 6.45) is 3.39. The fraction of sp³-hybridized carbons (Fsp3) is 0.800. The van der Waals surface area contributed by atoms with Gasteiger partial charge in [0.25, 0.3) is 0 Å². The van der Waals surface area contributed by atoms with E-state index in [-0.39, 0.29) is 6.10 Å². The largest absolute Gasteiger partial charge is 0.378 e. The number of rotatable bonds is 3. The summed E-state index contributed by atoms with van der Waals surface area (Å²) in [4.78, 5) is 4.49. The highest BCUT2D eigenvalue weighted by Crippen LogP contribution is 2.28. The van der Waals surface area contributed by atoms with Crippen molar-refractivity contribution in [2.45, 2.75) is 45.1 Å². The fourth-order valence-corrected chi connectivity index (χ4v) is 1.90. The number of aromatic nitrogens is 3. The topological polar surface area (TPSA) is 50.8 Å². The van der Waals surface area contributed by atoms with Crippen LogP contribution in [0, 0.1) is 0 Å². The molecule has 1 aromatic heterocycles. The van der Waals surface area contributed by atoms with E-state index in [2.05, 4.69) is 29.0 Å².